The molecule has 0 aromatic heterocycles. The van der Waals surface area contributed by atoms with E-state index in [-0.39, 0.29) is 32.6 Å². The van der Waals surface area contributed by atoms with Crippen LogP contribution in [0, 0.1) is 29.1 Å². The molecule has 1 aromatic carbocycles. The van der Waals surface area contributed by atoms with Crippen molar-refractivity contribution < 1.29 is 31.8 Å². The first-order valence-corrected chi connectivity index (χ1v) is 6.29. The Balaban J connectivity index is 2.33. The van der Waals surface area contributed by atoms with Crippen molar-refractivity contribution in [3.8, 4) is 0 Å². The summed E-state index contributed by atoms with van der Waals surface area (Å²) in [4.78, 5) is 0.835. The van der Waals surface area contributed by atoms with Gasteiger partial charge in [0.05, 0.1) is 5.60 Å². The number of rotatable bonds is 3. The lowest BCUT2D eigenvalue weighted by Gasteiger charge is -2.36. The predicted molar refractivity (Wildman–Crippen MR) is 64.5 cm³/mol. The zero-order valence-corrected chi connectivity index (χ0v) is 11.2. The molecule has 0 bridgehead atoms. The summed E-state index contributed by atoms with van der Waals surface area (Å²) < 4.78 is 71.7. The van der Waals surface area contributed by atoms with Gasteiger partial charge in [-0.3, -0.25) is 0 Å². The Labute approximate surface area is 117 Å². The molecule has 118 valence electrons. The molecule has 1 aliphatic heterocycles. The molecule has 0 atom stereocenters. The van der Waals surface area contributed by atoms with E-state index in [0.29, 0.717) is 0 Å². The zero-order valence-electron chi connectivity index (χ0n) is 11.2. The number of halogens is 5. The monoisotopic (exact) mass is 311 g/mol. The first-order valence-electron chi connectivity index (χ1n) is 6.29. The van der Waals surface area contributed by atoms with E-state index in [0.717, 1.165) is 11.9 Å². The Morgan fingerprint density at radius 3 is 1.86 bits per heavy atom. The molecule has 0 saturated carbocycles. The van der Waals surface area contributed by atoms with Crippen LogP contribution in [0.5, 0.6) is 0 Å². The molecular formula is C13H14F5NO2. The van der Waals surface area contributed by atoms with E-state index in [4.69, 9.17) is 4.74 Å². The summed E-state index contributed by atoms with van der Waals surface area (Å²) in [6.07, 6.45) is 0.430. The van der Waals surface area contributed by atoms with Crippen LogP contribution in [0.25, 0.3) is 0 Å². The number of benzene rings is 1. The number of likely N-dealkylation sites (N-methyl/N-ethyl adjacent to an activating group) is 1. The third kappa shape index (κ3) is 2.96. The Hall–Kier alpha value is -1.41. The van der Waals surface area contributed by atoms with Gasteiger partial charge in [-0.1, -0.05) is 0 Å². The maximum absolute atomic E-state index is 13.7. The molecule has 8 heteroatoms. The standard InChI is InChI=1S/C13H14F5NO2/c1-19(6-13(20)2-4-21-5-3-13)12-10(17)8(15)7(14)9(16)11(12)18/h20H,2-6H2,1H3. The normalized spacial score (nSPS) is 17.9. The Kier molecular flexibility index (Phi) is 4.38. The fraction of sp³-hybridized carbons (Fsp3) is 0.538. The van der Waals surface area contributed by atoms with Crippen LogP contribution in [0.3, 0.4) is 0 Å². The SMILES string of the molecule is CN(CC1(O)CCOCC1)c1c(F)c(F)c(F)c(F)c1F. The number of ether oxygens (including phenoxy) is 1. The number of anilines is 1. The number of hydrogen-bond acceptors (Lipinski definition) is 3. The maximum Gasteiger partial charge on any atom is 0.200 e. The summed E-state index contributed by atoms with van der Waals surface area (Å²) in [5.74, 6) is -10.0. The van der Waals surface area contributed by atoms with Crippen molar-refractivity contribution in [2.75, 3.05) is 31.7 Å². The third-order valence-electron chi connectivity index (χ3n) is 3.52. The quantitative estimate of drug-likeness (QED) is 0.528. The van der Waals surface area contributed by atoms with Gasteiger partial charge in [0.1, 0.15) is 5.69 Å². The van der Waals surface area contributed by atoms with Gasteiger partial charge in [0.2, 0.25) is 5.82 Å². The van der Waals surface area contributed by atoms with Crippen molar-refractivity contribution in [1.82, 2.24) is 0 Å². The maximum atomic E-state index is 13.7. The van der Waals surface area contributed by atoms with Crippen LogP contribution < -0.4 is 4.90 Å². The largest absolute Gasteiger partial charge is 0.388 e. The third-order valence-corrected chi connectivity index (χ3v) is 3.52. The second-order valence-corrected chi connectivity index (χ2v) is 5.11. The molecule has 0 radical (unpaired) electrons. The summed E-state index contributed by atoms with van der Waals surface area (Å²) in [5, 5.41) is 10.2. The summed E-state index contributed by atoms with van der Waals surface area (Å²) >= 11 is 0. The molecule has 1 aliphatic rings. The second-order valence-electron chi connectivity index (χ2n) is 5.11. The summed E-state index contributed by atoms with van der Waals surface area (Å²) in [6, 6.07) is 0. The Morgan fingerprint density at radius 1 is 0.952 bits per heavy atom. The van der Waals surface area contributed by atoms with Gasteiger partial charge in [0, 0.05) is 39.6 Å². The average molecular weight is 311 g/mol. The first-order chi connectivity index (χ1) is 9.77. The minimum absolute atomic E-state index is 0.215. The van der Waals surface area contributed by atoms with E-state index < -0.39 is 40.4 Å². The minimum Gasteiger partial charge on any atom is -0.388 e. The molecule has 0 amide bonds. The van der Waals surface area contributed by atoms with Crippen molar-refractivity contribution in [3.05, 3.63) is 29.1 Å². The number of hydrogen-bond donors (Lipinski definition) is 1. The molecule has 3 nitrogen and oxygen atoms in total. The highest BCUT2D eigenvalue weighted by Crippen LogP contribution is 2.31. The van der Waals surface area contributed by atoms with E-state index in [1.54, 1.807) is 0 Å². The van der Waals surface area contributed by atoms with E-state index >= 15 is 0 Å². The van der Waals surface area contributed by atoms with E-state index in [2.05, 4.69) is 0 Å². The lowest BCUT2D eigenvalue weighted by molar-refractivity contribution is -0.0573. The van der Waals surface area contributed by atoms with E-state index in [9.17, 15) is 27.1 Å². The summed E-state index contributed by atoms with van der Waals surface area (Å²) in [7, 11) is 1.16. The van der Waals surface area contributed by atoms with Gasteiger partial charge in [0.15, 0.2) is 23.3 Å². The predicted octanol–water partition coefficient (Wildman–Crippen LogP) is 2.36. The molecule has 0 aliphatic carbocycles. The van der Waals surface area contributed by atoms with Crippen molar-refractivity contribution >= 4 is 5.69 Å². The van der Waals surface area contributed by atoms with Gasteiger partial charge in [0.25, 0.3) is 0 Å². The van der Waals surface area contributed by atoms with Crippen LogP contribution in [0.4, 0.5) is 27.6 Å². The topological polar surface area (TPSA) is 32.7 Å². The smallest absolute Gasteiger partial charge is 0.200 e. The second kappa shape index (κ2) is 5.76. The van der Waals surface area contributed by atoms with Gasteiger partial charge in [-0.2, -0.15) is 0 Å². The van der Waals surface area contributed by atoms with Crippen LogP contribution in [-0.2, 0) is 4.74 Å². The van der Waals surface area contributed by atoms with Gasteiger partial charge >= 0.3 is 0 Å². The molecule has 0 unspecified atom stereocenters. The lowest BCUT2D eigenvalue weighted by atomic mass is 9.93. The zero-order chi connectivity index (χ0) is 15.8. The summed E-state index contributed by atoms with van der Waals surface area (Å²) in [6.45, 7) is 0.262. The molecule has 21 heavy (non-hydrogen) atoms. The highest BCUT2D eigenvalue weighted by molar-refractivity contribution is 5.50. The Morgan fingerprint density at radius 2 is 1.38 bits per heavy atom. The molecule has 2 rings (SSSR count). The highest BCUT2D eigenvalue weighted by atomic mass is 19.2. The lowest BCUT2D eigenvalue weighted by Crippen LogP contribution is -2.46. The van der Waals surface area contributed by atoms with Crippen molar-refractivity contribution in [2.45, 2.75) is 18.4 Å². The van der Waals surface area contributed by atoms with E-state index in [1.165, 1.54) is 0 Å². The number of aliphatic hydroxyl groups is 1. The molecular weight excluding hydrogens is 297 g/mol. The van der Waals surface area contributed by atoms with Gasteiger partial charge in [-0.15, -0.1) is 0 Å². The fourth-order valence-corrected chi connectivity index (χ4v) is 2.36. The molecule has 1 fully saturated rings. The van der Waals surface area contributed by atoms with Crippen LogP contribution in [0.1, 0.15) is 12.8 Å². The minimum atomic E-state index is -2.20. The van der Waals surface area contributed by atoms with Crippen molar-refractivity contribution in [2.24, 2.45) is 0 Å². The highest BCUT2D eigenvalue weighted by Gasteiger charge is 2.34. The van der Waals surface area contributed by atoms with Crippen LogP contribution in [-0.4, -0.2) is 37.5 Å². The van der Waals surface area contributed by atoms with Gasteiger partial charge < -0.3 is 14.7 Å². The summed E-state index contributed by atoms with van der Waals surface area (Å²) in [5.41, 5.74) is -2.35. The van der Waals surface area contributed by atoms with Crippen molar-refractivity contribution in [3.63, 3.8) is 0 Å². The fourth-order valence-electron chi connectivity index (χ4n) is 2.36. The first kappa shape index (κ1) is 16.0. The molecule has 0 spiro atoms. The molecule has 1 saturated heterocycles. The average Bonchev–Trinajstić information content (AvgIpc) is 2.43. The number of nitrogens with zero attached hydrogens (tertiary/aromatic N) is 1. The van der Waals surface area contributed by atoms with Crippen LogP contribution in [0.15, 0.2) is 0 Å². The molecule has 1 aromatic rings. The molecule has 1 N–H and O–H groups in total. The Bertz CT molecular complexity index is 517. The van der Waals surface area contributed by atoms with Gasteiger partial charge in [-0.25, -0.2) is 22.0 Å². The van der Waals surface area contributed by atoms with Crippen LogP contribution in [0.2, 0.25) is 0 Å². The van der Waals surface area contributed by atoms with Crippen molar-refractivity contribution in [1.29, 1.82) is 0 Å². The van der Waals surface area contributed by atoms with E-state index in [1.807, 2.05) is 0 Å². The van der Waals surface area contributed by atoms with Crippen LogP contribution >= 0.6 is 0 Å². The van der Waals surface area contributed by atoms with Gasteiger partial charge in [-0.05, 0) is 0 Å². The molecule has 1 heterocycles.